The maximum absolute atomic E-state index is 12.0. The first kappa shape index (κ1) is 16.5. The number of benzene rings is 2. The quantitative estimate of drug-likeness (QED) is 0.749. The average Bonchev–Trinajstić information content (AvgIpc) is 3.25. The summed E-state index contributed by atoms with van der Waals surface area (Å²) in [7, 11) is -3.72. The normalized spacial score (nSPS) is 14.4. The van der Waals surface area contributed by atoms with Crippen LogP contribution in [0.15, 0.2) is 75.3 Å². The lowest BCUT2D eigenvalue weighted by molar-refractivity contribution is 0.103. The fourth-order valence-corrected chi connectivity index (χ4v) is 4.22. The number of nitrogens with zero attached hydrogens (tertiary/aromatic N) is 1. The van der Waals surface area contributed by atoms with Crippen LogP contribution in [0.4, 0.5) is 5.69 Å². The van der Waals surface area contributed by atoms with Crippen LogP contribution in [0.3, 0.4) is 0 Å². The molecule has 0 unspecified atom stereocenters. The zero-order valence-electron chi connectivity index (χ0n) is 13.2. The molecule has 0 atom stereocenters. The number of thiophene rings is 1. The van der Waals surface area contributed by atoms with E-state index in [0.29, 0.717) is 21.9 Å². The van der Waals surface area contributed by atoms with Crippen LogP contribution in [0.25, 0.3) is 0 Å². The van der Waals surface area contributed by atoms with Gasteiger partial charge in [-0.1, -0.05) is 18.2 Å². The smallest absolute Gasteiger partial charge is 0.286 e. The van der Waals surface area contributed by atoms with Crippen molar-refractivity contribution >= 4 is 38.9 Å². The van der Waals surface area contributed by atoms with Crippen molar-refractivity contribution < 1.29 is 17.9 Å². The van der Waals surface area contributed by atoms with Crippen LogP contribution in [-0.4, -0.2) is 20.2 Å². The predicted molar refractivity (Wildman–Crippen MR) is 99.5 cm³/mol. The number of rotatable bonds is 3. The summed E-state index contributed by atoms with van der Waals surface area (Å²) in [6.07, 6.45) is 0. The number of hydrogen-bond donors (Lipinski definition) is 1. The third-order valence-electron chi connectivity index (χ3n) is 3.67. The molecule has 8 heteroatoms. The average molecular weight is 384 g/mol. The molecule has 4 rings (SSSR count). The maximum Gasteiger partial charge on any atom is 0.286 e. The summed E-state index contributed by atoms with van der Waals surface area (Å²) in [4.78, 5) is 12.8. The maximum atomic E-state index is 12.0. The minimum Gasteiger partial charge on any atom is -0.438 e. The molecule has 1 aliphatic rings. The van der Waals surface area contributed by atoms with E-state index in [2.05, 4.69) is 9.71 Å². The molecular weight excluding hydrogens is 372 g/mol. The SMILES string of the molecule is O=C(Nc1ccc(OC2=NS(=O)(=O)c3ccccc32)cc1)c1cccs1. The van der Waals surface area contributed by atoms with E-state index in [-0.39, 0.29) is 16.7 Å². The van der Waals surface area contributed by atoms with Crippen molar-refractivity contribution in [3.63, 3.8) is 0 Å². The second kappa shape index (κ2) is 6.40. The van der Waals surface area contributed by atoms with Gasteiger partial charge in [0.1, 0.15) is 10.6 Å². The predicted octanol–water partition coefficient (Wildman–Crippen LogP) is 3.53. The van der Waals surface area contributed by atoms with Crippen LogP contribution < -0.4 is 10.1 Å². The number of carbonyl (C=O) groups excluding carboxylic acids is 1. The van der Waals surface area contributed by atoms with Gasteiger partial charge in [-0.2, -0.15) is 8.42 Å². The molecule has 0 radical (unpaired) electrons. The van der Waals surface area contributed by atoms with Crippen molar-refractivity contribution in [1.29, 1.82) is 0 Å². The summed E-state index contributed by atoms with van der Waals surface area (Å²) in [5, 5.41) is 4.62. The Morgan fingerprint density at radius 3 is 2.50 bits per heavy atom. The molecule has 0 saturated carbocycles. The van der Waals surface area contributed by atoms with Gasteiger partial charge in [-0.3, -0.25) is 4.79 Å². The number of amides is 1. The molecule has 1 aliphatic heterocycles. The van der Waals surface area contributed by atoms with E-state index in [1.54, 1.807) is 48.5 Å². The monoisotopic (exact) mass is 384 g/mol. The summed E-state index contributed by atoms with van der Waals surface area (Å²) < 4.78 is 33.4. The third kappa shape index (κ3) is 3.12. The standard InChI is InChI=1S/C18H12N2O4S2/c21-17(15-5-3-11-25-15)19-12-7-9-13(10-8-12)24-18-14-4-1-2-6-16(14)26(22,23)20-18/h1-11H,(H,19,21). The molecule has 1 aromatic heterocycles. The van der Waals surface area contributed by atoms with Crippen molar-refractivity contribution in [2.75, 3.05) is 5.32 Å². The van der Waals surface area contributed by atoms with E-state index in [9.17, 15) is 13.2 Å². The lowest BCUT2D eigenvalue weighted by atomic mass is 10.2. The fraction of sp³-hybridized carbons (Fsp3) is 0. The Kier molecular flexibility index (Phi) is 4.06. The van der Waals surface area contributed by atoms with Gasteiger partial charge in [0, 0.05) is 5.69 Å². The van der Waals surface area contributed by atoms with Crippen LogP contribution in [-0.2, 0) is 10.0 Å². The van der Waals surface area contributed by atoms with Gasteiger partial charge in [-0.15, -0.1) is 15.7 Å². The molecule has 0 fully saturated rings. The molecular formula is C18H12N2O4S2. The number of sulfonamides is 1. The third-order valence-corrected chi connectivity index (χ3v) is 5.86. The summed E-state index contributed by atoms with van der Waals surface area (Å²) in [6, 6.07) is 16.7. The first-order valence-corrected chi connectivity index (χ1v) is 9.92. The highest BCUT2D eigenvalue weighted by Gasteiger charge is 2.29. The second-order valence-corrected chi connectivity index (χ2v) is 7.95. The Morgan fingerprint density at radius 1 is 1.00 bits per heavy atom. The van der Waals surface area contributed by atoms with Gasteiger partial charge >= 0.3 is 0 Å². The summed E-state index contributed by atoms with van der Waals surface area (Å²) >= 11 is 1.36. The van der Waals surface area contributed by atoms with E-state index in [1.807, 2.05) is 11.4 Å². The van der Waals surface area contributed by atoms with Gasteiger partial charge in [-0.25, -0.2) is 0 Å². The van der Waals surface area contributed by atoms with E-state index in [0.717, 1.165) is 0 Å². The molecule has 1 N–H and O–H groups in total. The number of anilines is 1. The lowest BCUT2D eigenvalue weighted by Gasteiger charge is -2.07. The largest absolute Gasteiger partial charge is 0.438 e. The zero-order valence-corrected chi connectivity index (χ0v) is 14.9. The van der Waals surface area contributed by atoms with Gasteiger partial charge < -0.3 is 10.1 Å². The summed E-state index contributed by atoms with van der Waals surface area (Å²) in [6.45, 7) is 0. The zero-order chi connectivity index (χ0) is 18.1. The second-order valence-electron chi connectivity index (χ2n) is 5.43. The molecule has 0 aliphatic carbocycles. The molecule has 0 saturated heterocycles. The van der Waals surface area contributed by atoms with E-state index in [1.165, 1.54) is 17.4 Å². The number of hydrogen-bond acceptors (Lipinski definition) is 5. The minimum atomic E-state index is -3.72. The van der Waals surface area contributed by atoms with E-state index in [4.69, 9.17) is 4.74 Å². The topological polar surface area (TPSA) is 84.8 Å². The van der Waals surface area contributed by atoms with Gasteiger partial charge in [0.25, 0.3) is 15.9 Å². The van der Waals surface area contributed by atoms with Gasteiger partial charge in [-0.05, 0) is 47.8 Å². The Morgan fingerprint density at radius 2 is 1.77 bits per heavy atom. The molecule has 1 amide bonds. The molecule has 130 valence electrons. The van der Waals surface area contributed by atoms with Crippen molar-refractivity contribution in [3.8, 4) is 5.75 Å². The number of ether oxygens (including phenoxy) is 1. The van der Waals surface area contributed by atoms with Gasteiger partial charge in [0.15, 0.2) is 0 Å². The van der Waals surface area contributed by atoms with Crippen molar-refractivity contribution in [2.24, 2.45) is 4.40 Å². The summed E-state index contributed by atoms with van der Waals surface area (Å²) in [5.41, 5.74) is 1.04. The van der Waals surface area contributed by atoms with Crippen molar-refractivity contribution in [3.05, 3.63) is 76.5 Å². The first-order chi connectivity index (χ1) is 12.5. The highest BCUT2D eigenvalue weighted by molar-refractivity contribution is 7.90. The van der Waals surface area contributed by atoms with E-state index < -0.39 is 10.0 Å². The lowest BCUT2D eigenvalue weighted by Crippen LogP contribution is -2.10. The Bertz CT molecular complexity index is 1100. The Hall–Kier alpha value is -2.97. The number of carbonyl (C=O) groups is 1. The highest BCUT2D eigenvalue weighted by Crippen LogP contribution is 2.28. The first-order valence-electron chi connectivity index (χ1n) is 7.60. The molecule has 0 bridgehead atoms. The molecule has 2 heterocycles. The van der Waals surface area contributed by atoms with Crippen LogP contribution in [0.2, 0.25) is 0 Å². The molecule has 26 heavy (non-hydrogen) atoms. The fourth-order valence-electron chi connectivity index (χ4n) is 2.47. The Labute approximate surface area is 153 Å². The number of nitrogens with one attached hydrogen (secondary N) is 1. The van der Waals surface area contributed by atoms with Crippen LogP contribution in [0.5, 0.6) is 5.75 Å². The Balaban J connectivity index is 1.51. The van der Waals surface area contributed by atoms with E-state index >= 15 is 0 Å². The molecule has 2 aromatic carbocycles. The van der Waals surface area contributed by atoms with Gasteiger partial charge in [0.2, 0.25) is 5.90 Å². The van der Waals surface area contributed by atoms with Crippen LogP contribution in [0.1, 0.15) is 15.2 Å². The summed E-state index contributed by atoms with van der Waals surface area (Å²) in [5.74, 6) is 0.273. The van der Waals surface area contributed by atoms with Gasteiger partial charge in [0.05, 0.1) is 10.4 Å². The molecule has 0 spiro atoms. The van der Waals surface area contributed by atoms with Crippen molar-refractivity contribution in [1.82, 2.24) is 0 Å². The van der Waals surface area contributed by atoms with Crippen molar-refractivity contribution in [2.45, 2.75) is 4.90 Å². The van der Waals surface area contributed by atoms with Crippen LogP contribution in [0, 0.1) is 0 Å². The molecule has 6 nitrogen and oxygen atoms in total. The minimum absolute atomic E-state index is 0.0379. The molecule has 3 aromatic rings. The van der Waals surface area contributed by atoms with Crippen LogP contribution >= 0.6 is 11.3 Å². The highest BCUT2D eigenvalue weighted by atomic mass is 32.2. The number of fused-ring (bicyclic) bond motifs is 1.